The van der Waals surface area contributed by atoms with Crippen LogP contribution >= 0.6 is 0 Å². The number of aryl methyl sites for hydroxylation is 3. The van der Waals surface area contributed by atoms with Gasteiger partial charge >= 0.3 is 0 Å². The summed E-state index contributed by atoms with van der Waals surface area (Å²) >= 11 is 0. The zero-order valence-corrected chi connectivity index (χ0v) is 30.7. The molecule has 6 rings (SSSR count). The van der Waals surface area contributed by atoms with E-state index in [0.29, 0.717) is 24.3 Å². The van der Waals surface area contributed by atoms with Gasteiger partial charge in [-0.25, -0.2) is 0 Å². The van der Waals surface area contributed by atoms with Crippen LogP contribution in [0.25, 0.3) is 11.1 Å². The average Bonchev–Trinajstić information content (AvgIpc) is 3.79. The molecule has 1 saturated carbocycles. The number of nitriles is 1. The molecule has 52 heavy (non-hydrogen) atoms. The van der Waals surface area contributed by atoms with Crippen molar-refractivity contribution in [3.05, 3.63) is 94.4 Å². The highest BCUT2D eigenvalue weighted by Gasteiger charge is 2.44. The van der Waals surface area contributed by atoms with E-state index in [2.05, 4.69) is 65.5 Å². The van der Waals surface area contributed by atoms with Crippen LogP contribution in [0.4, 0.5) is 17.1 Å². The fraction of sp³-hybridized carbons (Fsp3) is 0.405. The zero-order chi connectivity index (χ0) is 37.0. The van der Waals surface area contributed by atoms with Crippen molar-refractivity contribution in [3.63, 3.8) is 0 Å². The molecule has 0 bridgehead atoms. The first kappa shape index (κ1) is 36.4. The van der Waals surface area contributed by atoms with Gasteiger partial charge in [-0.2, -0.15) is 5.26 Å². The molecule has 1 aliphatic carbocycles. The topological polar surface area (TPSA) is 137 Å². The van der Waals surface area contributed by atoms with Gasteiger partial charge in [0.25, 0.3) is 5.91 Å². The lowest BCUT2D eigenvalue weighted by molar-refractivity contribution is -0.135. The Bertz CT molecular complexity index is 1970. The SMILES string of the molecule is Cc1ccc(-c2c(C)noc2C)cc1N(CCCCCCN(C)C(=O)C(CCC=O)N1Cc2cc(N)ccc2C1=O)c1ccc(C2(C#N)CC2)cc1. The highest BCUT2D eigenvalue weighted by molar-refractivity contribution is 6.01. The first-order chi connectivity index (χ1) is 25.1. The molecule has 10 nitrogen and oxygen atoms in total. The van der Waals surface area contributed by atoms with Gasteiger partial charge in [0.05, 0.1) is 17.2 Å². The standard InChI is InChI=1S/C42H48N6O4/c1-28-11-12-31(39-29(2)45-52-30(39)3)25-38(28)47(35-16-13-33(14-17-35)42(27-43)19-20-42)22-8-6-5-7-21-46(4)41(51)37(10-9-23-49)48-26-32-24-34(44)15-18-36(32)40(48)50/h11-18,23-25,37H,5-10,19-22,26,44H2,1-4H3. The van der Waals surface area contributed by atoms with E-state index in [0.717, 1.165) is 102 Å². The van der Waals surface area contributed by atoms with E-state index in [4.69, 9.17) is 10.3 Å². The van der Waals surface area contributed by atoms with Crippen molar-refractivity contribution in [1.29, 1.82) is 5.26 Å². The van der Waals surface area contributed by atoms with Crippen LogP contribution < -0.4 is 10.6 Å². The van der Waals surface area contributed by atoms with Crippen molar-refractivity contribution in [2.75, 3.05) is 30.8 Å². The van der Waals surface area contributed by atoms with E-state index in [-0.39, 0.29) is 30.1 Å². The van der Waals surface area contributed by atoms with Crippen LogP contribution in [0.1, 0.15) is 89.9 Å². The van der Waals surface area contributed by atoms with Crippen LogP contribution in [0, 0.1) is 32.1 Å². The maximum absolute atomic E-state index is 13.7. The number of nitrogens with two attached hydrogens (primary N) is 1. The number of hydrogen-bond donors (Lipinski definition) is 1. The van der Waals surface area contributed by atoms with E-state index in [1.807, 2.05) is 13.8 Å². The van der Waals surface area contributed by atoms with E-state index in [1.165, 1.54) is 0 Å². The molecular weight excluding hydrogens is 652 g/mol. The number of benzene rings is 3. The number of carbonyl (C=O) groups excluding carboxylic acids is 3. The molecule has 4 aromatic rings. The summed E-state index contributed by atoms with van der Waals surface area (Å²) in [6.45, 7) is 7.68. The monoisotopic (exact) mass is 700 g/mol. The third-order valence-corrected chi connectivity index (χ3v) is 10.7. The van der Waals surface area contributed by atoms with Crippen molar-refractivity contribution < 1.29 is 18.9 Å². The summed E-state index contributed by atoms with van der Waals surface area (Å²) in [5.41, 5.74) is 14.9. The molecule has 2 heterocycles. The molecule has 2 amide bonds. The smallest absolute Gasteiger partial charge is 0.255 e. The van der Waals surface area contributed by atoms with Crippen molar-refractivity contribution in [3.8, 4) is 17.2 Å². The number of nitrogen functional groups attached to an aromatic ring is 1. The van der Waals surface area contributed by atoms with Gasteiger partial charge in [0.15, 0.2) is 0 Å². The van der Waals surface area contributed by atoms with Gasteiger partial charge in [0, 0.05) is 61.3 Å². The number of aldehydes is 1. The van der Waals surface area contributed by atoms with E-state index in [1.54, 1.807) is 35.0 Å². The van der Waals surface area contributed by atoms with Gasteiger partial charge in [0.2, 0.25) is 5.91 Å². The van der Waals surface area contributed by atoms with Crippen LogP contribution in [0.3, 0.4) is 0 Å². The van der Waals surface area contributed by atoms with Crippen molar-refractivity contribution in [2.45, 2.75) is 90.1 Å². The maximum atomic E-state index is 13.7. The predicted molar refractivity (Wildman–Crippen MR) is 202 cm³/mol. The van der Waals surface area contributed by atoms with E-state index >= 15 is 0 Å². The minimum absolute atomic E-state index is 0.149. The minimum atomic E-state index is -0.705. The summed E-state index contributed by atoms with van der Waals surface area (Å²) in [7, 11) is 1.78. The number of likely N-dealkylation sites (N-methyl/N-ethyl adjacent to an activating group) is 1. The first-order valence-corrected chi connectivity index (χ1v) is 18.3. The van der Waals surface area contributed by atoms with Gasteiger partial charge < -0.3 is 29.8 Å². The lowest BCUT2D eigenvalue weighted by atomic mass is 9.97. The Morgan fingerprint density at radius 3 is 2.42 bits per heavy atom. The highest BCUT2D eigenvalue weighted by atomic mass is 16.5. The molecule has 10 heteroatoms. The van der Waals surface area contributed by atoms with E-state index < -0.39 is 6.04 Å². The second-order valence-electron chi connectivity index (χ2n) is 14.4. The number of hydrogen-bond acceptors (Lipinski definition) is 8. The average molecular weight is 701 g/mol. The Kier molecular flexibility index (Phi) is 10.8. The molecular formula is C42H48N6O4. The first-order valence-electron chi connectivity index (χ1n) is 18.3. The second kappa shape index (κ2) is 15.4. The summed E-state index contributed by atoms with van der Waals surface area (Å²) in [4.78, 5) is 43.8. The largest absolute Gasteiger partial charge is 0.399 e. The molecule has 2 aliphatic rings. The molecule has 2 N–H and O–H groups in total. The Morgan fingerprint density at radius 2 is 1.77 bits per heavy atom. The number of carbonyl (C=O) groups is 3. The van der Waals surface area contributed by atoms with Crippen molar-refractivity contribution >= 4 is 35.2 Å². The number of nitrogens with zero attached hydrogens (tertiary/aromatic N) is 5. The van der Waals surface area contributed by atoms with Gasteiger partial charge in [-0.15, -0.1) is 0 Å². The lowest BCUT2D eigenvalue weighted by Crippen LogP contribution is -2.48. The maximum Gasteiger partial charge on any atom is 0.255 e. The van der Waals surface area contributed by atoms with Gasteiger partial charge in [-0.05, 0) is 112 Å². The fourth-order valence-electron chi connectivity index (χ4n) is 7.48. The molecule has 1 aliphatic heterocycles. The molecule has 1 fully saturated rings. The number of rotatable bonds is 16. The minimum Gasteiger partial charge on any atom is -0.399 e. The number of unbranched alkanes of at least 4 members (excludes halogenated alkanes) is 3. The van der Waals surface area contributed by atoms with Crippen molar-refractivity contribution in [1.82, 2.24) is 15.0 Å². The summed E-state index contributed by atoms with van der Waals surface area (Å²) in [6, 6.07) is 21.9. The Hall–Kier alpha value is -5.43. The van der Waals surface area contributed by atoms with Crippen LogP contribution in [-0.4, -0.2) is 59.2 Å². The molecule has 1 aromatic heterocycles. The van der Waals surface area contributed by atoms with Crippen LogP contribution in [0.5, 0.6) is 0 Å². The van der Waals surface area contributed by atoms with Crippen LogP contribution in [0.2, 0.25) is 0 Å². The van der Waals surface area contributed by atoms with Gasteiger partial charge in [0.1, 0.15) is 18.1 Å². The molecule has 1 atom stereocenters. The summed E-state index contributed by atoms with van der Waals surface area (Å²) in [6.07, 6.45) is 6.75. The highest BCUT2D eigenvalue weighted by Crippen LogP contribution is 2.48. The Morgan fingerprint density at radius 1 is 1.04 bits per heavy atom. The summed E-state index contributed by atoms with van der Waals surface area (Å²) < 4.78 is 5.49. The van der Waals surface area contributed by atoms with Crippen LogP contribution in [-0.2, 0) is 21.5 Å². The Labute approximate surface area is 306 Å². The molecule has 270 valence electrons. The lowest BCUT2D eigenvalue weighted by Gasteiger charge is -2.30. The third-order valence-electron chi connectivity index (χ3n) is 10.7. The van der Waals surface area contributed by atoms with Gasteiger partial charge in [-0.1, -0.05) is 42.3 Å². The number of aromatic nitrogens is 1. The van der Waals surface area contributed by atoms with Crippen LogP contribution in [0.15, 0.2) is 65.2 Å². The third kappa shape index (κ3) is 7.45. The molecule has 1 unspecified atom stereocenters. The zero-order valence-electron chi connectivity index (χ0n) is 30.7. The molecule has 0 radical (unpaired) electrons. The number of amides is 2. The fourth-order valence-corrected chi connectivity index (χ4v) is 7.48. The predicted octanol–water partition coefficient (Wildman–Crippen LogP) is 7.56. The van der Waals surface area contributed by atoms with Gasteiger partial charge in [-0.3, -0.25) is 9.59 Å². The van der Waals surface area contributed by atoms with Crippen molar-refractivity contribution in [2.24, 2.45) is 0 Å². The number of fused-ring (bicyclic) bond motifs is 1. The molecule has 0 spiro atoms. The summed E-state index contributed by atoms with van der Waals surface area (Å²) in [5.74, 6) is 0.440. The summed E-state index contributed by atoms with van der Waals surface area (Å²) in [5, 5.41) is 13.9. The van der Waals surface area contributed by atoms with E-state index in [9.17, 15) is 19.6 Å². The number of anilines is 3. The molecule has 0 saturated heterocycles. The molecule has 3 aromatic carbocycles. The normalized spacial score (nSPS) is 14.8. The second-order valence-corrected chi connectivity index (χ2v) is 14.4. The quantitative estimate of drug-likeness (QED) is 0.0718. The Balaban J connectivity index is 1.10.